The maximum Gasteiger partial charge on any atom is 0.326 e. The summed E-state index contributed by atoms with van der Waals surface area (Å²) in [6.07, 6.45) is 4.46. The monoisotopic (exact) mass is 376 g/mol. The zero-order valence-electron chi connectivity index (χ0n) is 14.6. The Kier molecular flexibility index (Phi) is 4.36. The summed E-state index contributed by atoms with van der Waals surface area (Å²) in [6, 6.07) is 11.3. The Morgan fingerprint density at radius 2 is 1.96 bits per heavy atom. The first-order valence-electron chi connectivity index (χ1n) is 8.59. The van der Waals surface area contributed by atoms with E-state index in [0.717, 1.165) is 22.7 Å². The number of carboxylic acids is 1. The summed E-state index contributed by atoms with van der Waals surface area (Å²) in [5.41, 5.74) is 1.27. The van der Waals surface area contributed by atoms with E-state index in [4.69, 9.17) is 0 Å². The zero-order valence-corrected chi connectivity index (χ0v) is 14.6. The lowest BCUT2D eigenvalue weighted by Gasteiger charge is -2.14. The first-order valence-corrected chi connectivity index (χ1v) is 8.59. The van der Waals surface area contributed by atoms with Gasteiger partial charge in [0.2, 0.25) is 0 Å². The third-order valence-corrected chi connectivity index (χ3v) is 4.56. The molecule has 140 valence electrons. The van der Waals surface area contributed by atoms with E-state index in [1.165, 1.54) is 10.6 Å². The summed E-state index contributed by atoms with van der Waals surface area (Å²) in [5, 5.41) is 12.9. The third-order valence-electron chi connectivity index (χ3n) is 4.56. The second-order valence-electron chi connectivity index (χ2n) is 6.33. The third kappa shape index (κ3) is 3.11. The second kappa shape index (κ2) is 6.99. The minimum atomic E-state index is -1.19. The number of benzene rings is 1. The van der Waals surface area contributed by atoms with Crippen molar-refractivity contribution in [2.75, 3.05) is 0 Å². The van der Waals surface area contributed by atoms with Gasteiger partial charge in [0, 0.05) is 35.9 Å². The number of para-hydroxylation sites is 1. The van der Waals surface area contributed by atoms with E-state index in [-0.39, 0.29) is 12.0 Å². The molecule has 4 aromatic rings. The lowest BCUT2D eigenvalue weighted by atomic mass is 10.0. The lowest BCUT2D eigenvalue weighted by molar-refractivity contribution is -0.139. The van der Waals surface area contributed by atoms with Gasteiger partial charge in [0.1, 0.15) is 17.3 Å². The molecule has 28 heavy (non-hydrogen) atoms. The van der Waals surface area contributed by atoms with Crippen LogP contribution >= 0.6 is 0 Å². The van der Waals surface area contributed by atoms with Gasteiger partial charge in [-0.15, -0.1) is 0 Å². The van der Waals surface area contributed by atoms with Gasteiger partial charge in [-0.1, -0.05) is 24.3 Å². The lowest BCUT2D eigenvalue weighted by Crippen LogP contribution is -2.44. The van der Waals surface area contributed by atoms with Crippen molar-refractivity contribution in [2.24, 2.45) is 0 Å². The summed E-state index contributed by atoms with van der Waals surface area (Å²) in [7, 11) is 0. The van der Waals surface area contributed by atoms with Crippen LogP contribution in [-0.2, 0) is 11.2 Å². The van der Waals surface area contributed by atoms with Crippen molar-refractivity contribution in [1.29, 1.82) is 0 Å². The minimum Gasteiger partial charge on any atom is -0.480 e. The van der Waals surface area contributed by atoms with Gasteiger partial charge in [-0.05, 0) is 23.8 Å². The molecule has 0 bridgehead atoms. The van der Waals surface area contributed by atoms with Crippen LogP contribution in [0.1, 0.15) is 15.9 Å². The van der Waals surface area contributed by atoms with Gasteiger partial charge >= 0.3 is 5.97 Å². The van der Waals surface area contributed by atoms with Crippen LogP contribution in [0.4, 0.5) is 0 Å². The number of fused-ring (bicyclic) bond motifs is 2. The van der Waals surface area contributed by atoms with Crippen molar-refractivity contribution in [1.82, 2.24) is 19.7 Å². The molecule has 0 saturated carbocycles. The highest BCUT2D eigenvalue weighted by Crippen LogP contribution is 2.19. The first-order chi connectivity index (χ1) is 13.5. The summed E-state index contributed by atoms with van der Waals surface area (Å²) in [6.45, 7) is 0. The molecule has 0 spiro atoms. The molecule has 4 rings (SSSR count). The Labute approximate surface area is 158 Å². The van der Waals surface area contributed by atoms with Gasteiger partial charge in [-0.2, -0.15) is 0 Å². The number of hydrogen-bond donors (Lipinski definition) is 3. The van der Waals surface area contributed by atoms with Crippen molar-refractivity contribution in [3.05, 3.63) is 82.5 Å². The summed E-state index contributed by atoms with van der Waals surface area (Å²) >= 11 is 0. The molecule has 3 N–H and O–H groups in total. The molecule has 8 nitrogen and oxygen atoms in total. The summed E-state index contributed by atoms with van der Waals surface area (Å²) < 4.78 is 1.24. The number of nitrogens with one attached hydrogen (secondary N) is 2. The van der Waals surface area contributed by atoms with Crippen LogP contribution in [0.3, 0.4) is 0 Å². The molecule has 3 aromatic heterocycles. The molecule has 0 fully saturated rings. The van der Waals surface area contributed by atoms with Gasteiger partial charge in [0.05, 0.1) is 0 Å². The predicted molar refractivity (Wildman–Crippen MR) is 102 cm³/mol. The number of aromatic amines is 1. The van der Waals surface area contributed by atoms with Gasteiger partial charge < -0.3 is 15.4 Å². The van der Waals surface area contributed by atoms with E-state index in [9.17, 15) is 19.5 Å². The van der Waals surface area contributed by atoms with Gasteiger partial charge in [-0.3, -0.25) is 14.0 Å². The molecule has 0 unspecified atom stereocenters. The van der Waals surface area contributed by atoms with Gasteiger partial charge in [0.25, 0.3) is 11.5 Å². The Morgan fingerprint density at radius 3 is 2.79 bits per heavy atom. The highest BCUT2D eigenvalue weighted by atomic mass is 16.4. The highest BCUT2D eigenvalue weighted by molar-refractivity contribution is 5.96. The molecule has 8 heteroatoms. The van der Waals surface area contributed by atoms with E-state index in [0.29, 0.717) is 5.65 Å². The number of carboxylic acid groups (broad SMARTS) is 1. The Balaban J connectivity index is 1.62. The van der Waals surface area contributed by atoms with Crippen molar-refractivity contribution in [3.63, 3.8) is 0 Å². The molecule has 1 amide bonds. The van der Waals surface area contributed by atoms with Crippen molar-refractivity contribution < 1.29 is 14.7 Å². The average molecular weight is 376 g/mol. The zero-order chi connectivity index (χ0) is 19.7. The number of H-pyrrole nitrogens is 1. The van der Waals surface area contributed by atoms with E-state index in [1.54, 1.807) is 24.4 Å². The van der Waals surface area contributed by atoms with Crippen molar-refractivity contribution in [2.45, 2.75) is 12.5 Å². The molecule has 1 atom stereocenters. The van der Waals surface area contributed by atoms with Crippen LogP contribution in [0.5, 0.6) is 0 Å². The van der Waals surface area contributed by atoms with Crippen LogP contribution in [0.15, 0.2) is 65.8 Å². The van der Waals surface area contributed by atoms with Crippen molar-refractivity contribution >= 4 is 28.4 Å². The van der Waals surface area contributed by atoms with E-state index in [2.05, 4.69) is 15.3 Å². The smallest absolute Gasteiger partial charge is 0.326 e. The molecule has 0 saturated heterocycles. The number of aromatic nitrogens is 3. The Bertz CT molecular complexity index is 1260. The quantitative estimate of drug-likeness (QED) is 0.489. The largest absolute Gasteiger partial charge is 0.480 e. The SMILES string of the molecule is O=C(N[C@@H](Cc1c[nH]c2ccccc12)C(=O)O)c1cnc2ccccn2c1=O. The number of aliphatic carboxylic acids is 1. The van der Waals surface area contributed by atoms with Crippen LogP contribution in [0, 0.1) is 0 Å². The van der Waals surface area contributed by atoms with Gasteiger partial charge in [-0.25, -0.2) is 9.78 Å². The fourth-order valence-electron chi connectivity index (χ4n) is 3.14. The molecule has 0 aliphatic heterocycles. The Morgan fingerprint density at radius 1 is 1.18 bits per heavy atom. The van der Waals surface area contributed by atoms with E-state index in [1.807, 2.05) is 24.3 Å². The maximum absolute atomic E-state index is 12.6. The number of hydrogen-bond acceptors (Lipinski definition) is 4. The van der Waals surface area contributed by atoms with Gasteiger partial charge in [0.15, 0.2) is 0 Å². The first kappa shape index (κ1) is 17.5. The molecular formula is C20H16N4O4. The summed E-state index contributed by atoms with van der Waals surface area (Å²) in [4.78, 5) is 44.0. The van der Waals surface area contributed by atoms with Crippen molar-refractivity contribution in [3.8, 4) is 0 Å². The summed E-state index contributed by atoms with van der Waals surface area (Å²) in [5.74, 6) is -1.96. The Hall–Kier alpha value is -3.94. The topological polar surface area (TPSA) is 117 Å². The number of amides is 1. The number of pyridine rings is 1. The van der Waals surface area contributed by atoms with Crippen LogP contribution in [0.25, 0.3) is 16.6 Å². The fourth-order valence-corrected chi connectivity index (χ4v) is 3.14. The minimum absolute atomic E-state index is 0.0768. The normalized spacial score (nSPS) is 12.1. The standard InChI is InChI=1S/C20H16N4O4/c25-18(14-11-22-17-7-3-4-8-24(17)19(14)26)23-16(20(27)28)9-12-10-21-15-6-2-1-5-13(12)15/h1-8,10-11,16,21H,9H2,(H,23,25)(H,27,28)/t16-/m0/s1. The molecule has 0 aliphatic carbocycles. The number of carbonyl (C=O) groups is 2. The van der Waals surface area contributed by atoms with Crippen LogP contribution in [-0.4, -0.2) is 37.4 Å². The highest BCUT2D eigenvalue weighted by Gasteiger charge is 2.24. The molecule has 1 aromatic carbocycles. The van der Waals surface area contributed by atoms with Crippen LogP contribution < -0.4 is 10.9 Å². The number of rotatable bonds is 5. The predicted octanol–water partition coefficient (Wildman–Crippen LogP) is 1.60. The second-order valence-corrected chi connectivity index (χ2v) is 6.33. The molecule has 0 radical (unpaired) electrons. The molecule has 0 aliphatic rings. The average Bonchev–Trinajstić information content (AvgIpc) is 3.11. The van der Waals surface area contributed by atoms with E-state index >= 15 is 0 Å². The number of carbonyl (C=O) groups excluding carboxylic acids is 1. The maximum atomic E-state index is 12.6. The molecule has 3 heterocycles. The molecular weight excluding hydrogens is 360 g/mol. The van der Waals surface area contributed by atoms with Crippen LogP contribution in [0.2, 0.25) is 0 Å². The number of nitrogens with zero attached hydrogens (tertiary/aromatic N) is 2. The fraction of sp³-hybridized carbons (Fsp3) is 0.100. The van der Waals surface area contributed by atoms with E-state index < -0.39 is 23.5 Å².